The molecule has 0 atom stereocenters. The molecule has 0 bridgehead atoms. The highest BCUT2D eigenvalue weighted by Crippen LogP contribution is 2.36. The largest absolute Gasteiger partial charge is 0.354 e. The summed E-state index contributed by atoms with van der Waals surface area (Å²) in [7, 11) is 0. The number of rotatable bonds is 4. The highest BCUT2D eigenvalue weighted by Gasteiger charge is 2.13. The van der Waals surface area contributed by atoms with Gasteiger partial charge in [0.25, 0.3) is 0 Å². The van der Waals surface area contributed by atoms with Gasteiger partial charge in [-0.2, -0.15) is 4.37 Å². The Kier molecular flexibility index (Phi) is 3.86. The van der Waals surface area contributed by atoms with E-state index in [4.69, 9.17) is 0 Å². The lowest BCUT2D eigenvalue weighted by Crippen LogP contribution is -2.02. The normalized spacial score (nSPS) is 11.2. The Morgan fingerprint density at radius 3 is 2.80 bits per heavy atom. The zero-order chi connectivity index (χ0) is 14.1. The Balaban J connectivity index is 2.06. The number of hydrogen-bond acceptors (Lipinski definition) is 8. The molecule has 3 aromatic rings. The van der Waals surface area contributed by atoms with Crippen molar-refractivity contribution in [2.75, 3.05) is 11.9 Å². The lowest BCUT2D eigenvalue weighted by molar-refractivity contribution is 1.05. The summed E-state index contributed by atoms with van der Waals surface area (Å²) in [4.78, 5) is 15.8. The minimum atomic E-state index is 0.672. The Morgan fingerprint density at radius 2 is 2.10 bits per heavy atom. The zero-order valence-corrected chi connectivity index (χ0v) is 13.7. The minimum Gasteiger partial charge on any atom is -0.354 e. The second kappa shape index (κ2) is 5.63. The lowest BCUT2D eigenvalue weighted by atomic mass is 10.4. The third kappa shape index (κ3) is 2.77. The Hall–Kier alpha value is -1.25. The Bertz CT molecular complexity index is 749. The van der Waals surface area contributed by atoms with E-state index in [2.05, 4.69) is 37.6 Å². The molecular formula is C12H13N5S3. The van der Waals surface area contributed by atoms with Gasteiger partial charge in [0, 0.05) is 16.8 Å². The summed E-state index contributed by atoms with van der Waals surface area (Å²) < 4.78 is 5.12. The summed E-state index contributed by atoms with van der Waals surface area (Å²) in [6.45, 7) is 6.82. The first kappa shape index (κ1) is 13.7. The van der Waals surface area contributed by atoms with E-state index in [9.17, 15) is 0 Å². The molecule has 0 radical (unpaired) electrons. The van der Waals surface area contributed by atoms with Gasteiger partial charge in [-0.3, -0.25) is 0 Å². The van der Waals surface area contributed by atoms with Crippen LogP contribution in [0, 0.1) is 13.8 Å². The maximum absolute atomic E-state index is 4.59. The standard InChI is InChI=1S/C12H13N5S3/c1-4-13-11-15-9-8(5-6(2)18-9)10(16-11)19-12-14-7(3)17-20-12/h5H,4H2,1-3H3,(H,13,15,16). The van der Waals surface area contributed by atoms with Crippen LogP contribution in [-0.4, -0.2) is 25.9 Å². The number of anilines is 1. The van der Waals surface area contributed by atoms with Crippen molar-refractivity contribution in [2.45, 2.75) is 30.1 Å². The summed E-state index contributed by atoms with van der Waals surface area (Å²) >= 11 is 4.64. The molecule has 3 aromatic heterocycles. The fraction of sp³-hybridized carbons (Fsp3) is 0.333. The molecule has 8 heteroatoms. The van der Waals surface area contributed by atoms with Crippen LogP contribution in [0.15, 0.2) is 15.4 Å². The highest BCUT2D eigenvalue weighted by molar-refractivity contribution is 8.01. The van der Waals surface area contributed by atoms with E-state index in [1.165, 1.54) is 16.4 Å². The van der Waals surface area contributed by atoms with Gasteiger partial charge in [-0.1, -0.05) is 0 Å². The van der Waals surface area contributed by atoms with Crippen LogP contribution >= 0.6 is 34.6 Å². The fourth-order valence-electron chi connectivity index (χ4n) is 1.73. The average Bonchev–Trinajstić information content (AvgIpc) is 2.95. The van der Waals surface area contributed by atoms with Crippen molar-refractivity contribution < 1.29 is 0 Å². The molecule has 0 saturated carbocycles. The van der Waals surface area contributed by atoms with Gasteiger partial charge in [0.1, 0.15) is 15.7 Å². The summed E-state index contributed by atoms with van der Waals surface area (Å²) in [5.41, 5.74) is 0. The third-order valence-electron chi connectivity index (χ3n) is 2.51. The molecule has 0 fully saturated rings. The van der Waals surface area contributed by atoms with Crippen LogP contribution in [-0.2, 0) is 0 Å². The lowest BCUT2D eigenvalue weighted by Gasteiger charge is -2.04. The van der Waals surface area contributed by atoms with Crippen LogP contribution in [0.4, 0.5) is 5.95 Å². The van der Waals surface area contributed by atoms with Crippen LogP contribution in [0.5, 0.6) is 0 Å². The SMILES string of the molecule is CCNc1nc(Sc2nc(C)ns2)c2cc(C)sc2n1. The number of aromatic nitrogens is 4. The van der Waals surface area contributed by atoms with Crippen LogP contribution in [0.1, 0.15) is 17.6 Å². The first-order chi connectivity index (χ1) is 9.65. The van der Waals surface area contributed by atoms with Crippen molar-refractivity contribution in [1.29, 1.82) is 0 Å². The number of nitrogens with zero attached hydrogens (tertiary/aromatic N) is 4. The van der Waals surface area contributed by atoms with E-state index in [1.54, 1.807) is 23.1 Å². The topological polar surface area (TPSA) is 63.6 Å². The zero-order valence-electron chi connectivity index (χ0n) is 11.3. The number of aryl methyl sites for hydroxylation is 2. The molecule has 0 spiro atoms. The molecule has 1 N–H and O–H groups in total. The van der Waals surface area contributed by atoms with Gasteiger partial charge < -0.3 is 5.32 Å². The van der Waals surface area contributed by atoms with E-state index in [-0.39, 0.29) is 0 Å². The second-order valence-corrected chi connectivity index (χ2v) is 7.39. The van der Waals surface area contributed by atoms with E-state index in [0.29, 0.717) is 5.95 Å². The molecule has 0 saturated heterocycles. The predicted molar refractivity (Wildman–Crippen MR) is 85.1 cm³/mol. The van der Waals surface area contributed by atoms with Crippen molar-refractivity contribution >= 4 is 50.8 Å². The van der Waals surface area contributed by atoms with Gasteiger partial charge in [-0.05, 0) is 50.1 Å². The first-order valence-corrected chi connectivity index (χ1v) is 8.56. The summed E-state index contributed by atoms with van der Waals surface area (Å²) in [5.74, 6) is 1.47. The maximum atomic E-state index is 4.59. The molecule has 0 aliphatic carbocycles. The Labute approximate surface area is 129 Å². The molecular weight excluding hydrogens is 310 g/mol. The number of fused-ring (bicyclic) bond motifs is 1. The predicted octanol–water partition coefficient (Wildman–Crippen LogP) is 3.74. The van der Waals surface area contributed by atoms with Gasteiger partial charge in [0.2, 0.25) is 5.95 Å². The monoisotopic (exact) mass is 323 g/mol. The summed E-state index contributed by atoms with van der Waals surface area (Å²) in [5, 5.41) is 5.21. The summed E-state index contributed by atoms with van der Waals surface area (Å²) in [6.07, 6.45) is 0. The van der Waals surface area contributed by atoms with Crippen molar-refractivity contribution in [2.24, 2.45) is 0 Å². The quantitative estimate of drug-likeness (QED) is 0.738. The van der Waals surface area contributed by atoms with Gasteiger partial charge in [0.15, 0.2) is 4.34 Å². The molecule has 0 aromatic carbocycles. The van der Waals surface area contributed by atoms with E-state index >= 15 is 0 Å². The van der Waals surface area contributed by atoms with Gasteiger partial charge in [0.05, 0.1) is 0 Å². The third-order valence-corrected chi connectivity index (χ3v) is 5.30. The van der Waals surface area contributed by atoms with Crippen molar-refractivity contribution in [3.8, 4) is 0 Å². The molecule has 5 nitrogen and oxygen atoms in total. The molecule has 20 heavy (non-hydrogen) atoms. The number of nitrogens with one attached hydrogen (secondary N) is 1. The average molecular weight is 323 g/mol. The highest BCUT2D eigenvalue weighted by atomic mass is 32.2. The smallest absolute Gasteiger partial charge is 0.225 e. The molecule has 0 amide bonds. The van der Waals surface area contributed by atoms with E-state index < -0.39 is 0 Å². The van der Waals surface area contributed by atoms with Crippen LogP contribution in [0.25, 0.3) is 10.2 Å². The van der Waals surface area contributed by atoms with E-state index in [0.717, 1.165) is 32.0 Å². The number of hydrogen-bond donors (Lipinski definition) is 1. The van der Waals surface area contributed by atoms with Crippen molar-refractivity contribution in [3.05, 3.63) is 16.8 Å². The van der Waals surface area contributed by atoms with Crippen LogP contribution < -0.4 is 5.32 Å². The second-order valence-electron chi connectivity index (χ2n) is 4.17. The maximum Gasteiger partial charge on any atom is 0.225 e. The molecule has 3 rings (SSSR count). The molecule has 3 heterocycles. The number of thiophene rings is 1. The summed E-state index contributed by atoms with van der Waals surface area (Å²) in [6, 6.07) is 2.13. The fourth-order valence-corrected chi connectivity index (χ4v) is 4.34. The van der Waals surface area contributed by atoms with Gasteiger partial charge in [-0.15, -0.1) is 11.3 Å². The van der Waals surface area contributed by atoms with Crippen LogP contribution in [0.2, 0.25) is 0 Å². The van der Waals surface area contributed by atoms with Gasteiger partial charge >= 0.3 is 0 Å². The minimum absolute atomic E-state index is 0.672. The first-order valence-electron chi connectivity index (χ1n) is 6.16. The Morgan fingerprint density at radius 1 is 1.25 bits per heavy atom. The molecule has 104 valence electrons. The van der Waals surface area contributed by atoms with Crippen LogP contribution in [0.3, 0.4) is 0 Å². The molecule has 0 unspecified atom stereocenters. The van der Waals surface area contributed by atoms with Crippen molar-refractivity contribution in [1.82, 2.24) is 19.3 Å². The van der Waals surface area contributed by atoms with E-state index in [1.807, 2.05) is 13.8 Å². The molecule has 0 aliphatic rings. The van der Waals surface area contributed by atoms with Crippen molar-refractivity contribution in [3.63, 3.8) is 0 Å². The van der Waals surface area contributed by atoms with Gasteiger partial charge in [-0.25, -0.2) is 15.0 Å². The molecule has 0 aliphatic heterocycles.